The summed E-state index contributed by atoms with van der Waals surface area (Å²) in [7, 11) is 0. The lowest BCUT2D eigenvalue weighted by atomic mass is 9.99. The number of carbonyl (C=O) groups is 1. The number of benzene rings is 2. The summed E-state index contributed by atoms with van der Waals surface area (Å²) in [6, 6.07) is 16.0. The van der Waals surface area contributed by atoms with Crippen molar-refractivity contribution < 1.29 is 4.79 Å². The first kappa shape index (κ1) is 13.0. The van der Waals surface area contributed by atoms with E-state index in [1.54, 1.807) is 0 Å². The Bertz CT molecular complexity index is 546. The average Bonchev–Trinajstić information content (AvgIpc) is 2.40. The topological polar surface area (TPSA) is 17.1 Å². The molecule has 18 heavy (non-hydrogen) atoms. The number of aryl methyl sites for hydroxylation is 2. The lowest BCUT2D eigenvalue weighted by molar-refractivity contribution is 0.0982. The minimum atomic E-state index is 0.206. The second-order valence-corrected chi connectivity index (χ2v) is 5.28. The molecule has 0 bridgehead atoms. The molecule has 1 nitrogen and oxygen atoms in total. The fourth-order valence-electron chi connectivity index (χ4n) is 1.93. The fraction of sp³-hybridized carbons (Fsp3) is 0.188. The molecule has 0 N–H and O–H groups in total. The number of hydrogen-bond acceptors (Lipinski definition) is 1. The van der Waals surface area contributed by atoms with Gasteiger partial charge in [0.05, 0.1) is 0 Å². The van der Waals surface area contributed by atoms with Crippen molar-refractivity contribution in [3.05, 3.63) is 69.7 Å². The van der Waals surface area contributed by atoms with E-state index in [0.717, 1.165) is 22.0 Å². The molecule has 0 amide bonds. The number of carbonyl (C=O) groups excluding carboxylic acids is 1. The van der Waals surface area contributed by atoms with E-state index in [0.29, 0.717) is 6.42 Å². The van der Waals surface area contributed by atoms with Gasteiger partial charge in [0.1, 0.15) is 0 Å². The monoisotopic (exact) mass is 302 g/mol. The van der Waals surface area contributed by atoms with Gasteiger partial charge in [-0.25, -0.2) is 0 Å². The first-order valence-corrected chi connectivity index (χ1v) is 6.79. The molecular weight excluding hydrogens is 288 g/mol. The highest BCUT2D eigenvalue weighted by Gasteiger charge is 2.09. The molecule has 0 saturated heterocycles. The van der Waals surface area contributed by atoms with Gasteiger partial charge >= 0.3 is 0 Å². The van der Waals surface area contributed by atoms with E-state index in [1.807, 2.05) is 43.3 Å². The molecule has 0 unspecified atom stereocenters. The molecule has 0 aliphatic heterocycles. The Labute approximate surface area is 116 Å². The second-order valence-electron chi connectivity index (χ2n) is 4.37. The minimum absolute atomic E-state index is 0.206. The first-order chi connectivity index (χ1) is 8.66. The summed E-state index contributed by atoms with van der Waals surface area (Å²) >= 11 is 3.41. The van der Waals surface area contributed by atoms with Crippen molar-refractivity contribution in [2.75, 3.05) is 0 Å². The fourth-order valence-corrected chi connectivity index (χ4v) is 2.29. The van der Waals surface area contributed by atoms with Crippen LogP contribution in [0.2, 0.25) is 0 Å². The van der Waals surface area contributed by atoms with Crippen LogP contribution in [0, 0.1) is 6.92 Å². The van der Waals surface area contributed by atoms with Gasteiger partial charge in [-0.3, -0.25) is 4.79 Å². The van der Waals surface area contributed by atoms with Gasteiger partial charge in [0.15, 0.2) is 5.78 Å². The van der Waals surface area contributed by atoms with Gasteiger partial charge in [-0.15, -0.1) is 0 Å². The molecule has 0 aliphatic carbocycles. The van der Waals surface area contributed by atoms with Crippen LogP contribution in [0.4, 0.5) is 0 Å². The van der Waals surface area contributed by atoms with Gasteiger partial charge in [0, 0.05) is 16.5 Å². The predicted octanol–water partition coefficient (Wildman–Crippen LogP) is 4.57. The number of hydrogen-bond donors (Lipinski definition) is 0. The van der Waals surface area contributed by atoms with Crippen molar-refractivity contribution in [1.29, 1.82) is 0 Å². The van der Waals surface area contributed by atoms with Gasteiger partial charge in [0.25, 0.3) is 0 Å². The third kappa shape index (κ3) is 3.30. The number of Topliss-reactive ketones (excluding diaryl/α,β-unsaturated/α-hetero) is 1. The predicted molar refractivity (Wildman–Crippen MR) is 78.0 cm³/mol. The Balaban J connectivity index is 2.06. The van der Waals surface area contributed by atoms with Gasteiger partial charge in [-0.05, 0) is 36.6 Å². The van der Waals surface area contributed by atoms with Gasteiger partial charge in [-0.1, -0.05) is 52.3 Å². The Morgan fingerprint density at radius 3 is 2.56 bits per heavy atom. The van der Waals surface area contributed by atoms with Crippen LogP contribution in [-0.2, 0) is 6.42 Å². The van der Waals surface area contributed by atoms with Crippen molar-refractivity contribution in [2.45, 2.75) is 19.8 Å². The first-order valence-electron chi connectivity index (χ1n) is 6.00. The van der Waals surface area contributed by atoms with E-state index in [-0.39, 0.29) is 5.78 Å². The van der Waals surface area contributed by atoms with E-state index in [2.05, 4.69) is 28.1 Å². The average molecular weight is 303 g/mol. The van der Waals surface area contributed by atoms with E-state index in [4.69, 9.17) is 0 Å². The zero-order valence-corrected chi connectivity index (χ0v) is 11.9. The van der Waals surface area contributed by atoms with Crippen LogP contribution < -0.4 is 0 Å². The highest BCUT2D eigenvalue weighted by Crippen LogP contribution is 2.18. The summed E-state index contributed by atoms with van der Waals surface area (Å²) in [5.41, 5.74) is 3.06. The normalized spacial score (nSPS) is 10.3. The highest BCUT2D eigenvalue weighted by atomic mass is 79.9. The SMILES string of the molecule is Cc1ccc(Br)cc1C(=O)CCc1ccccc1. The van der Waals surface area contributed by atoms with E-state index < -0.39 is 0 Å². The molecule has 0 saturated carbocycles. The minimum Gasteiger partial charge on any atom is -0.294 e. The summed E-state index contributed by atoms with van der Waals surface area (Å²) in [5.74, 6) is 0.206. The summed E-state index contributed by atoms with van der Waals surface area (Å²) in [5, 5.41) is 0. The maximum absolute atomic E-state index is 12.2. The molecule has 0 heterocycles. The third-order valence-electron chi connectivity index (χ3n) is 2.98. The van der Waals surface area contributed by atoms with Crippen LogP contribution in [0.15, 0.2) is 53.0 Å². The van der Waals surface area contributed by atoms with E-state index in [9.17, 15) is 4.79 Å². The van der Waals surface area contributed by atoms with Crippen molar-refractivity contribution in [2.24, 2.45) is 0 Å². The van der Waals surface area contributed by atoms with Gasteiger partial charge in [0.2, 0.25) is 0 Å². The molecule has 0 radical (unpaired) electrons. The molecule has 2 aromatic carbocycles. The van der Waals surface area contributed by atoms with Crippen LogP contribution in [0.25, 0.3) is 0 Å². The highest BCUT2D eigenvalue weighted by molar-refractivity contribution is 9.10. The maximum atomic E-state index is 12.2. The van der Waals surface area contributed by atoms with Crippen LogP contribution in [0.5, 0.6) is 0 Å². The Morgan fingerprint density at radius 2 is 1.83 bits per heavy atom. The van der Waals surface area contributed by atoms with Crippen molar-refractivity contribution >= 4 is 21.7 Å². The summed E-state index contributed by atoms with van der Waals surface area (Å²) < 4.78 is 0.955. The summed E-state index contributed by atoms with van der Waals surface area (Å²) in [4.78, 5) is 12.2. The van der Waals surface area contributed by atoms with E-state index >= 15 is 0 Å². The smallest absolute Gasteiger partial charge is 0.163 e. The number of halogens is 1. The molecule has 2 heteroatoms. The van der Waals surface area contributed by atoms with Crippen LogP contribution in [0.1, 0.15) is 27.9 Å². The quantitative estimate of drug-likeness (QED) is 0.756. The zero-order valence-electron chi connectivity index (χ0n) is 10.3. The van der Waals surface area contributed by atoms with Crippen LogP contribution >= 0.6 is 15.9 Å². The third-order valence-corrected chi connectivity index (χ3v) is 3.48. The Kier molecular flexibility index (Phi) is 4.32. The summed E-state index contributed by atoms with van der Waals surface area (Å²) in [6.45, 7) is 1.97. The van der Waals surface area contributed by atoms with Crippen LogP contribution in [0.3, 0.4) is 0 Å². The molecule has 2 aromatic rings. The molecule has 0 fully saturated rings. The Hall–Kier alpha value is -1.41. The number of ketones is 1. The molecule has 0 aromatic heterocycles. The molecule has 0 aliphatic rings. The standard InChI is InChI=1S/C16H15BrO/c1-12-7-9-14(17)11-15(12)16(18)10-8-13-5-3-2-4-6-13/h2-7,9,11H,8,10H2,1H3. The van der Waals surface area contributed by atoms with Crippen LogP contribution in [-0.4, -0.2) is 5.78 Å². The van der Waals surface area contributed by atoms with E-state index in [1.165, 1.54) is 5.56 Å². The van der Waals surface area contributed by atoms with Gasteiger partial charge in [-0.2, -0.15) is 0 Å². The number of rotatable bonds is 4. The lowest BCUT2D eigenvalue weighted by Gasteiger charge is -2.06. The van der Waals surface area contributed by atoms with Crippen molar-refractivity contribution in [1.82, 2.24) is 0 Å². The zero-order chi connectivity index (χ0) is 13.0. The second kappa shape index (κ2) is 5.96. The maximum Gasteiger partial charge on any atom is 0.163 e. The van der Waals surface area contributed by atoms with Crippen molar-refractivity contribution in [3.63, 3.8) is 0 Å². The molecule has 2 rings (SSSR count). The lowest BCUT2D eigenvalue weighted by Crippen LogP contribution is -2.03. The van der Waals surface area contributed by atoms with Gasteiger partial charge < -0.3 is 0 Å². The molecule has 0 atom stereocenters. The molecule has 92 valence electrons. The Morgan fingerprint density at radius 1 is 1.11 bits per heavy atom. The summed E-state index contributed by atoms with van der Waals surface area (Å²) in [6.07, 6.45) is 1.35. The van der Waals surface area contributed by atoms with Crippen molar-refractivity contribution in [3.8, 4) is 0 Å². The molecular formula is C16H15BrO. The molecule has 0 spiro atoms. The largest absolute Gasteiger partial charge is 0.294 e.